The highest BCUT2D eigenvalue weighted by Crippen LogP contribution is 2.28. The third-order valence-corrected chi connectivity index (χ3v) is 7.92. The molecule has 7 nitrogen and oxygen atoms in total. The number of carbonyl (C=O) groups excluding carboxylic acids is 2. The topological polar surface area (TPSA) is 86.8 Å². The van der Waals surface area contributed by atoms with Crippen molar-refractivity contribution in [3.63, 3.8) is 0 Å². The first-order valence-corrected chi connectivity index (χ1v) is 13.1. The van der Waals surface area contributed by atoms with Gasteiger partial charge in [0.25, 0.3) is 15.9 Å². The highest BCUT2D eigenvalue weighted by atomic mass is 35.5. The minimum atomic E-state index is -4.08. The second-order valence-corrected chi connectivity index (χ2v) is 10.6. The summed E-state index contributed by atoms with van der Waals surface area (Å²) in [6.45, 7) is 2.67. The molecule has 1 saturated heterocycles. The molecule has 9 heteroatoms. The quantitative estimate of drug-likeness (QED) is 0.497. The van der Waals surface area contributed by atoms with Crippen molar-refractivity contribution in [2.45, 2.75) is 24.7 Å². The number of anilines is 2. The third-order valence-electron chi connectivity index (χ3n) is 5.90. The van der Waals surface area contributed by atoms with Crippen molar-refractivity contribution in [2.24, 2.45) is 0 Å². The minimum absolute atomic E-state index is 0.0163. The third kappa shape index (κ3) is 5.49. The Morgan fingerprint density at radius 3 is 2.26 bits per heavy atom. The van der Waals surface area contributed by atoms with E-state index in [4.69, 9.17) is 11.6 Å². The molecule has 0 radical (unpaired) electrons. The van der Waals surface area contributed by atoms with Crippen LogP contribution in [-0.4, -0.2) is 44.8 Å². The molecule has 0 spiro atoms. The van der Waals surface area contributed by atoms with E-state index in [0.717, 1.165) is 17.1 Å². The van der Waals surface area contributed by atoms with Crippen molar-refractivity contribution >= 4 is 44.8 Å². The van der Waals surface area contributed by atoms with Gasteiger partial charge in [-0.25, -0.2) is 8.42 Å². The molecule has 2 amide bonds. The maximum Gasteiger partial charge on any atom is 0.264 e. The number of benzene rings is 3. The molecule has 1 N–H and O–H groups in total. The van der Waals surface area contributed by atoms with E-state index in [-0.39, 0.29) is 10.8 Å². The Bertz CT molecular complexity index is 1340. The minimum Gasteiger partial charge on any atom is -0.339 e. The van der Waals surface area contributed by atoms with Gasteiger partial charge in [0.15, 0.2) is 0 Å². The van der Waals surface area contributed by atoms with Crippen LogP contribution in [0.3, 0.4) is 0 Å². The number of hydrogen-bond acceptors (Lipinski definition) is 4. The zero-order valence-electron chi connectivity index (χ0n) is 19.3. The van der Waals surface area contributed by atoms with Gasteiger partial charge in [-0.15, -0.1) is 0 Å². The molecule has 0 bridgehead atoms. The van der Waals surface area contributed by atoms with Gasteiger partial charge < -0.3 is 10.2 Å². The molecule has 3 aromatic carbocycles. The molecule has 35 heavy (non-hydrogen) atoms. The van der Waals surface area contributed by atoms with Gasteiger partial charge in [0.2, 0.25) is 5.91 Å². The molecule has 0 aliphatic carbocycles. The number of hydrogen-bond donors (Lipinski definition) is 1. The van der Waals surface area contributed by atoms with Gasteiger partial charge in [-0.2, -0.15) is 0 Å². The van der Waals surface area contributed by atoms with Gasteiger partial charge in [0.1, 0.15) is 6.54 Å². The molecular formula is C26H26ClN3O4S. The van der Waals surface area contributed by atoms with E-state index in [9.17, 15) is 18.0 Å². The smallest absolute Gasteiger partial charge is 0.264 e. The van der Waals surface area contributed by atoms with Crippen molar-refractivity contribution in [3.05, 3.63) is 88.9 Å². The fraction of sp³-hybridized carbons (Fsp3) is 0.231. The SMILES string of the molecule is Cc1ccccc1N(CC(=O)Nc1ccccc1C(=O)N1CCCC1)S(=O)(=O)c1ccc(Cl)cc1. The number of halogens is 1. The number of likely N-dealkylation sites (tertiary alicyclic amines) is 1. The van der Waals surface area contributed by atoms with Crippen LogP contribution in [-0.2, 0) is 14.8 Å². The summed E-state index contributed by atoms with van der Waals surface area (Å²) in [4.78, 5) is 27.9. The second kappa shape index (κ2) is 10.5. The number of amides is 2. The molecule has 1 fully saturated rings. The molecule has 0 aromatic heterocycles. The van der Waals surface area contributed by atoms with Gasteiger partial charge in [-0.1, -0.05) is 41.9 Å². The number of aryl methyl sites for hydroxylation is 1. The Labute approximate surface area is 210 Å². The van der Waals surface area contributed by atoms with Crippen molar-refractivity contribution in [2.75, 3.05) is 29.3 Å². The van der Waals surface area contributed by atoms with Crippen molar-refractivity contribution in [3.8, 4) is 0 Å². The predicted octanol–water partition coefficient (Wildman–Crippen LogP) is 4.72. The van der Waals surface area contributed by atoms with Gasteiger partial charge in [0.05, 0.1) is 21.8 Å². The van der Waals surface area contributed by atoms with E-state index < -0.39 is 22.5 Å². The average molecular weight is 512 g/mol. The summed E-state index contributed by atoms with van der Waals surface area (Å²) in [6.07, 6.45) is 1.91. The number of nitrogens with zero attached hydrogens (tertiary/aromatic N) is 2. The van der Waals surface area contributed by atoms with Crippen LogP contribution in [0, 0.1) is 6.92 Å². The predicted molar refractivity (Wildman–Crippen MR) is 137 cm³/mol. The van der Waals surface area contributed by atoms with Gasteiger partial charge >= 0.3 is 0 Å². The Hall–Kier alpha value is -3.36. The van der Waals surface area contributed by atoms with E-state index in [1.165, 1.54) is 24.3 Å². The highest BCUT2D eigenvalue weighted by molar-refractivity contribution is 7.92. The molecule has 1 aliphatic rings. The number of rotatable bonds is 7. The summed E-state index contributed by atoms with van der Waals surface area (Å²) in [7, 11) is -4.08. The van der Waals surface area contributed by atoms with E-state index in [2.05, 4.69) is 5.32 Å². The molecule has 4 rings (SSSR count). The maximum atomic E-state index is 13.6. The summed E-state index contributed by atoms with van der Waals surface area (Å²) in [6, 6.07) is 19.5. The average Bonchev–Trinajstić information content (AvgIpc) is 3.38. The summed E-state index contributed by atoms with van der Waals surface area (Å²) < 4.78 is 28.2. The van der Waals surface area contributed by atoms with Crippen molar-refractivity contribution < 1.29 is 18.0 Å². The Kier molecular flexibility index (Phi) is 7.42. The molecule has 0 unspecified atom stereocenters. The molecule has 1 heterocycles. The van der Waals surface area contributed by atoms with E-state index >= 15 is 0 Å². The fourth-order valence-electron chi connectivity index (χ4n) is 4.07. The Balaban J connectivity index is 1.64. The second-order valence-electron chi connectivity index (χ2n) is 8.35. The van der Waals surface area contributed by atoms with Crippen molar-refractivity contribution in [1.29, 1.82) is 0 Å². The molecule has 0 saturated carbocycles. The fourth-order valence-corrected chi connectivity index (χ4v) is 5.68. The van der Waals surface area contributed by atoms with Crippen molar-refractivity contribution in [1.82, 2.24) is 4.90 Å². The zero-order valence-corrected chi connectivity index (χ0v) is 20.8. The lowest BCUT2D eigenvalue weighted by atomic mass is 10.1. The first kappa shape index (κ1) is 24.8. The van der Waals surface area contributed by atoms with Gasteiger partial charge in [-0.3, -0.25) is 13.9 Å². The van der Waals surface area contributed by atoms with E-state index in [0.29, 0.717) is 40.6 Å². The Morgan fingerprint density at radius 1 is 0.943 bits per heavy atom. The number of sulfonamides is 1. The highest BCUT2D eigenvalue weighted by Gasteiger charge is 2.29. The standard InChI is InChI=1S/C26H26ClN3O4S/c1-19-8-2-5-11-24(19)30(35(33,34)21-14-12-20(27)13-15-21)18-25(31)28-23-10-4-3-9-22(23)26(32)29-16-6-7-17-29/h2-5,8-15H,6-7,16-18H2,1H3,(H,28,31). The zero-order chi connectivity index (χ0) is 25.0. The van der Waals surface area contributed by atoms with Crippen LogP contribution in [0.4, 0.5) is 11.4 Å². The molecule has 182 valence electrons. The van der Waals surface area contributed by atoms with Crippen LogP contribution >= 0.6 is 11.6 Å². The molecule has 1 aliphatic heterocycles. The first-order valence-electron chi connectivity index (χ1n) is 11.3. The Morgan fingerprint density at radius 2 is 1.57 bits per heavy atom. The maximum absolute atomic E-state index is 13.6. The van der Waals surface area contributed by atoms with E-state index in [1.807, 2.05) is 0 Å². The van der Waals surface area contributed by atoms with Gasteiger partial charge in [-0.05, 0) is 67.8 Å². The normalized spacial score (nSPS) is 13.5. The largest absolute Gasteiger partial charge is 0.339 e. The summed E-state index contributed by atoms with van der Waals surface area (Å²) >= 11 is 5.94. The van der Waals surface area contributed by atoms with Crippen LogP contribution in [0.25, 0.3) is 0 Å². The van der Waals surface area contributed by atoms with Crippen LogP contribution in [0.15, 0.2) is 77.7 Å². The summed E-state index contributed by atoms with van der Waals surface area (Å²) in [5, 5.41) is 3.16. The van der Waals surface area contributed by atoms with Crippen LogP contribution in [0.1, 0.15) is 28.8 Å². The number of para-hydroxylation sites is 2. The van der Waals surface area contributed by atoms with Crippen LogP contribution < -0.4 is 9.62 Å². The first-order chi connectivity index (χ1) is 16.8. The summed E-state index contributed by atoms with van der Waals surface area (Å²) in [5.74, 6) is -0.713. The number of nitrogens with one attached hydrogen (secondary N) is 1. The number of carbonyl (C=O) groups is 2. The lowest BCUT2D eigenvalue weighted by Gasteiger charge is -2.26. The lowest BCUT2D eigenvalue weighted by molar-refractivity contribution is -0.114. The van der Waals surface area contributed by atoms with E-state index in [1.54, 1.807) is 60.4 Å². The van der Waals surface area contributed by atoms with Gasteiger partial charge in [0, 0.05) is 18.1 Å². The van der Waals surface area contributed by atoms with Crippen LogP contribution in [0.5, 0.6) is 0 Å². The molecular weight excluding hydrogens is 486 g/mol. The molecule has 0 atom stereocenters. The monoisotopic (exact) mass is 511 g/mol. The molecule has 3 aromatic rings. The van der Waals surface area contributed by atoms with Crippen LogP contribution in [0.2, 0.25) is 5.02 Å². The summed E-state index contributed by atoms with van der Waals surface area (Å²) in [5.41, 5.74) is 1.82. The lowest BCUT2D eigenvalue weighted by Crippen LogP contribution is -2.39.